The number of hydrogen-bond donors (Lipinski definition) is 5. The molecule has 2 aliphatic heterocycles. The topological polar surface area (TPSA) is 198 Å². The molecule has 238 valence electrons. The SMILES string of the molecule is CC(C)[C@@H]1NC(=O)c2cc(ccc2O)Oc2ccc(cc2)C[C@@H](C(=O)NCc2nc(-c3ccccn3)no2)NC(=O)[C@H](C)NC1=O. The zero-order valence-corrected chi connectivity index (χ0v) is 25.3. The van der Waals surface area contributed by atoms with E-state index in [0.29, 0.717) is 17.0 Å². The molecule has 2 aliphatic rings. The molecule has 4 heterocycles. The third-order valence-electron chi connectivity index (χ3n) is 7.21. The van der Waals surface area contributed by atoms with Gasteiger partial charge in [-0.3, -0.25) is 24.2 Å². The second kappa shape index (κ2) is 13.9. The summed E-state index contributed by atoms with van der Waals surface area (Å²) in [6.45, 7) is 4.83. The molecule has 14 nitrogen and oxygen atoms in total. The van der Waals surface area contributed by atoms with Gasteiger partial charge < -0.3 is 35.6 Å². The molecule has 0 fully saturated rings. The van der Waals surface area contributed by atoms with Crippen molar-refractivity contribution in [1.82, 2.24) is 36.4 Å². The maximum Gasteiger partial charge on any atom is 0.255 e. The van der Waals surface area contributed by atoms with Gasteiger partial charge in [0.05, 0.1) is 12.1 Å². The van der Waals surface area contributed by atoms with Gasteiger partial charge in [-0.25, -0.2) is 0 Å². The number of ether oxygens (including phenoxy) is 1. The Bertz CT molecular complexity index is 1720. The first kappa shape index (κ1) is 31.6. The number of phenols is 1. The number of aromatic nitrogens is 3. The lowest BCUT2D eigenvalue weighted by atomic mass is 10.0. The van der Waals surface area contributed by atoms with Crippen molar-refractivity contribution in [3.8, 4) is 28.8 Å². The minimum atomic E-state index is -1.07. The van der Waals surface area contributed by atoms with Crippen LogP contribution in [0.4, 0.5) is 0 Å². The number of benzene rings is 2. The quantitative estimate of drug-likeness (QED) is 0.205. The Morgan fingerprint density at radius 3 is 2.48 bits per heavy atom. The Balaban J connectivity index is 1.38. The molecule has 0 aliphatic carbocycles. The largest absolute Gasteiger partial charge is 0.507 e. The number of amides is 4. The Hall–Kier alpha value is -5.79. The van der Waals surface area contributed by atoms with Crippen molar-refractivity contribution in [2.45, 2.75) is 51.9 Å². The van der Waals surface area contributed by atoms with E-state index in [-0.39, 0.29) is 47.7 Å². The van der Waals surface area contributed by atoms with Crippen LogP contribution < -0.4 is 26.0 Å². The van der Waals surface area contributed by atoms with Gasteiger partial charge in [0.25, 0.3) is 5.91 Å². The lowest BCUT2D eigenvalue weighted by Crippen LogP contribution is -2.57. The van der Waals surface area contributed by atoms with Crippen LogP contribution in [-0.2, 0) is 27.3 Å². The third kappa shape index (κ3) is 7.64. The lowest BCUT2D eigenvalue weighted by Gasteiger charge is -2.25. The van der Waals surface area contributed by atoms with E-state index >= 15 is 0 Å². The van der Waals surface area contributed by atoms with E-state index in [2.05, 4.69) is 36.4 Å². The fourth-order valence-electron chi connectivity index (χ4n) is 4.67. The predicted molar refractivity (Wildman–Crippen MR) is 163 cm³/mol. The minimum Gasteiger partial charge on any atom is -0.507 e. The molecule has 3 atom stereocenters. The van der Waals surface area contributed by atoms with Crippen LogP contribution in [0.1, 0.15) is 42.6 Å². The zero-order valence-electron chi connectivity index (χ0n) is 25.3. The van der Waals surface area contributed by atoms with Gasteiger partial charge in [0.1, 0.15) is 41.1 Å². The van der Waals surface area contributed by atoms with Crippen LogP contribution in [0.2, 0.25) is 0 Å². The minimum absolute atomic E-state index is 0.0816. The van der Waals surface area contributed by atoms with Crippen LogP contribution in [0.25, 0.3) is 11.5 Å². The number of pyridine rings is 1. The molecule has 0 saturated heterocycles. The molecule has 6 rings (SSSR count). The first-order valence-electron chi connectivity index (χ1n) is 14.6. The van der Waals surface area contributed by atoms with Gasteiger partial charge in [0.2, 0.25) is 29.4 Å². The maximum absolute atomic E-state index is 13.4. The van der Waals surface area contributed by atoms with Gasteiger partial charge in [-0.15, -0.1) is 0 Å². The highest BCUT2D eigenvalue weighted by molar-refractivity contribution is 6.00. The van der Waals surface area contributed by atoms with Crippen molar-refractivity contribution in [3.05, 3.63) is 83.9 Å². The zero-order chi connectivity index (χ0) is 32.8. The standard InChI is InChI=1S/C32H33N7O7/c1-17(2)27-32(44)35-18(3)29(41)36-24(31(43)34-16-26-37-28(39-46-26)23-6-4-5-13-33-23)14-19-7-9-20(10-8-19)45-21-11-12-25(40)22(15-21)30(42)38-27/h4-13,15,17-18,24,27,40H,14,16H2,1-3H3,(H,34,43)(H,35,44)(H,36,41)(H,38,42)/t18-,24-,27-/m0/s1. The molecular weight excluding hydrogens is 594 g/mol. The van der Waals surface area contributed by atoms with Crippen LogP contribution in [0.3, 0.4) is 0 Å². The fraction of sp³-hybridized carbons (Fsp3) is 0.281. The molecule has 2 aromatic carbocycles. The molecule has 14 heteroatoms. The number of rotatable bonds is 5. The van der Waals surface area contributed by atoms with Gasteiger partial charge in [0, 0.05) is 12.6 Å². The van der Waals surface area contributed by atoms with Crippen molar-refractivity contribution >= 4 is 23.6 Å². The van der Waals surface area contributed by atoms with Crippen LogP contribution in [0.5, 0.6) is 17.2 Å². The van der Waals surface area contributed by atoms with E-state index in [1.807, 2.05) is 0 Å². The molecule has 0 unspecified atom stereocenters. The summed E-state index contributed by atoms with van der Waals surface area (Å²) in [7, 11) is 0. The van der Waals surface area contributed by atoms with Gasteiger partial charge in [-0.1, -0.05) is 37.2 Å². The molecule has 4 amide bonds. The lowest BCUT2D eigenvalue weighted by molar-refractivity contribution is -0.132. The van der Waals surface area contributed by atoms with Gasteiger partial charge >= 0.3 is 0 Å². The number of nitrogens with zero attached hydrogens (tertiary/aromatic N) is 3. The highest BCUT2D eigenvalue weighted by Crippen LogP contribution is 2.28. The average Bonchev–Trinajstić information content (AvgIpc) is 3.52. The third-order valence-corrected chi connectivity index (χ3v) is 7.21. The Morgan fingerprint density at radius 2 is 1.76 bits per heavy atom. The smallest absolute Gasteiger partial charge is 0.255 e. The van der Waals surface area contributed by atoms with Crippen molar-refractivity contribution in [2.24, 2.45) is 5.92 Å². The predicted octanol–water partition coefficient (Wildman–Crippen LogP) is 2.25. The molecule has 46 heavy (non-hydrogen) atoms. The maximum atomic E-state index is 13.4. The first-order chi connectivity index (χ1) is 22.1. The van der Waals surface area contributed by atoms with E-state index in [9.17, 15) is 24.3 Å². The number of carbonyl (C=O) groups excluding carboxylic acids is 4. The highest BCUT2D eigenvalue weighted by atomic mass is 16.5. The molecule has 4 aromatic rings. The summed E-state index contributed by atoms with van der Waals surface area (Å²) >= 11 is 0. The summed E-state index contributed by atoms with van der Waals surface area (Å²) in [5, 5.41) is 24.9. The Morgan fingerprint density at radius 1 is 1.00 bits per heavy atom. The van der Waals surface area contributed by atoms with Crippen molar-refractivity contribution in [2.75, 3.05) is 0 Å². The van der Waals surface area contributed by atoms with Crippen molar-refractivity contribution in [3.63, 3.8) is 0 Å². The molecule has 0 spiro atoms. The number of nitrogens with one attached hydrogen (secondary N) is 4. The number of hydrogen-bond acceptors (Lipinski definition) is 10. The van der Waals surface area contributed by atoms with Crippen molar-refractivity contribution < 1.29 is 33.5 Å². The second-order valence-electron chi connectivity index (χ2n) is 11.1. The van der Waals surface area contributed by atoms with Crippen molar-refractivity contribution in [1.29, 1.82) is 0 Å². The van der Waals surface area contributed by atoms with E-state index in [4.69, 9.17) is 9.26 Å². The monoisotopic (exact) mass is 627 g/mol. The van der Waals surface area contributed by atoms with E-state index in [1.165, 1.54) is 25.1 Å². The van der Waals surface area contributed by atoms with E-state index in [1.54, 1.807) is 62.5 Å². The normalized spacial score (nSPS) is 18.9. The summed E-state index contributed by atoms with van der Waals surface area (Å²) < 4.78 is 11.2. The molecule has 0 saturated carbocycles. The van der Waals surface area contributed by atoms with E-state index in [0.717, 1.165) is 0 Å². The van der Waals surface area contributed by atoms with Crippen LogP contribution in [-0.4, -0.2) is 62.0 Å². The van der Waals surface area contributed by atoms with Crippen LogP contribution in [0, 0.1) is 5.92 Å². The second-order valence-corrected chi connectivity index (χ2v) is 11.1. The van der Waals surface area contributed by atoms with Gasteiger partial charge in [-0.2, -0.15) is 4.98 Å². The van der Waals surface area contributed by atoms with Crippen LogP contribution in [0.15, 0.2) is 71.4 Å². The molecule has 2 aromatic heterocycles. The average molecular weight is 628 g/mol. The number of aromatic hydroxyl groups is 1. The van der Waals surface area contributed by atoms with Crippen LogP contribution >= 0.6 is 0 Å². The van der Waals surface area contributed by atoms with E-state index < -0.39 is 41.8 Å². The summed E-state index contributed by atoms with van der Waals surface area (Å²) in [5.74, 6) is -2.00. The Kier molecular flexibility index (Phi) is 9.55. The number of carbonyl (C=O) groups is 4. The van der Waals surface area contributed by atoms with Gasteiger partial charge in [-0.05, 0) is 60.9 Å². The molecular formula is C32H33N7O7. The van der Waals surface area contributed by atoms with Gasteiger partial charge in [0.15, 0.2) is 0 Å². The highest BCUT2D eigenvalue weighted by Gasteiger charge is 2.30. The summed E-state index contributed by atoms with van der Waals surface area (Å²) in [5.41, 5.74) is 1.13. The number of fused-ring (bicyclic) bond motifs is 11. The Labute approximate surface area is 263 Å². The molecule has 5 N–H and O–H groups in total. The molecule has 0 radical (unpaired) electrons. The summed E-state index contributed by atoms with van der Waals surface area (Å²) in [6, 6.07) is 13.1. The fourth-order valence-corrected chi connectivity index (χ4v) is 4.67. The summed E-state index contributed by atoms with van der Waals surface area (Å²) in [6.07, 6.45) is 1.70. The summed E-state index contributed by atoms with van der Waals surface area (Å²) in [4.78, 5) is 61.4. The first-order valence-corrected chi connectivity index (χ1v) is 14.6. The molecule has 4 bridgehead atoms. The number of phenolic OH excluding ortho intramolecular Hbond substituents is 1.